The van der Waals surface area contributed by atoms with E-state index in [1.54, 1.807) is 30.7 Å². The van der Waals surface area contributed by atoms with E-state index >= 15 is 0 Å². The SMILES string of the molecule is O=C(NCc1cccnc1-c1cccnc1)c1cc2cc(F)ccc2s1. The molecule has 0 atom stereocenters. The molecule has 0 bridgehead atoms. The van der Waals surface area contributed by atoms with Gasteiger partial charge in [0, 0.05) is 35.4 Å². The van der Waals surface area contributed by atoms with E-state index in [9.17, 15) is 9.18 Å². The summed E-state index contributed by atoms with van der Waals surface area (Å²) < 4.78 is 14.2. The van der Waals surface area contributed by atoms with Gasteiger partial charge in [0.1, 0.15) is 5.82 Å². The number of thiophene rings is 1. The molecule has 4 nitrogen and oxygen atoms in total. The number of nitrogens with zero attached hydrogens (tertiary/aromatic N) is 2. The van der Waals surface area contributed by atoms with Crippen LogP contribution in [0, 0.1) is 5.82 Å². The number of aromatic nitrogens is 2. The fraction of sp³-hybridized carbons (Fsp3) is 0.0500. The summed E-state index contributed by atoms with van der Waals surface area (Å²) in [6.07, 6.45) is 5.17. The van der Waals surface area contributed by atoms with Crippen LogP contribution in [0.1, 0.15) is 15.2 Å². The van der Waals surface area contributed by atoms with Crippen molar-refractivity contribution in [2.45, 2.75) is 6.54 Å². The molecule has 1 aromatic carbocycles. The van der Waals surface area contributed by atoms with E-state index in [1.807, 2.05) is 24.3 Å². The van der Waals surface area contributed by atoms with Crippen molar-refractivity contribution in [2.75, 3.05) is 0 Å². The summed E-state index contributed by atoms with van der Waals surface area (Å²) >= 11 is 1.35. The van der Waals surface area contributed by atoms with Crippen LogP contribution >= 0.6 is 11.3 Å². The van der Waals surface area contributed by atoms with E-state index in [2.05, 4.69) is 15.3 Å². The lowest BCUT2D eigenvalue weighted by Crippen LogP contribution is -2.22. The quantitative estimate of drug-likeness (QED) is 0.584. The number of rotatable bonds is 4. The van der Waals surface area contributed by atoms with Crippen LogP contribution in [0.3, 0.4) is 0 Å². The molecule has 0 aliphatic heterocycles. The van der Waals surface area contributed by atoms with Gasteiger partial charge in [-0.2, -0.15) is 0 Å². The Morgan fingerprint density at radius 2 is 2.00 bits per heavy atom. The third-order valence-electron chi connectivity index (χ3n) is 3.97. The average Bonchev–Trinajstić information content (AvgIpc) is 3.10. The monoisotopic (exact) mass is 363 g/mol. The molecule has 4 aromatic rings. The van der Waals surface area contributed by atoms with Crippen molar-refractivity contribution < 1.29 is 9.18 Å². The molecular weight excluding hydrogens is 349 g/mol. The van der Waals surface area contributed by atoms with Crippen molar-refractivity contribution in [3.05, 3.63) is 83.4 Å². The van der Waals surface area contributed by atoms with Gasteiger partial charge in [-0.05, 0) is 53.4 Å². The third-order valence-corrected chi connectivity index (χ3v) is 5.08. The van der Waals surface area contributed by atoms with Gasteiger partial charge < -0.3 is 5.32 Å². The van der Waals surface area contributed by atoms with Crippen molar-refractivity contribution in [1.29, 1.82) is 0 Å². The molecule has 26 heavy (non-hydrogen) atoms. The Morgan fingerprint density at radius 3 is 2.85 bits per heavy atom. The number of amides is 1. The Kier molecular flexibility index (Phi) is 4.41. The Hall–Kier alpha value is -3.12. The summed E-state index contributed by atoms with van der Waals surface area (Å²) in [6.45, 7) is 0.347. The van der Waals surface area contributed by atoms with E-state index in [-0.39, 0.29) is 11.7 Å². The standard InChI is InChI=1S/C20H14FN3OS/c21-16-5-6-17-15(9-16)10-18(26-17)20(25)24-12-14-4-2-8-23-19(14)13-3-1-7-22-11-13/h1-11H,12H2,(H,24,25). The lowest BCUT2D eigenvalue weighted by molar-refractivity contribution is 0.0955. The lowest BCUT2D eigenvalue weighted by atomic mass is 10.1. The van der Waals surface area contributed by atoms with Gasteiger partial charge in [-0.3, -0.25) is 14.8 Å². The van der Waals surface area contributed by atoms with E-state index in [0.29, 0.717) is 11.4 Å². The molecule has 3 aromatic heterocycles. The van der Waals surface area contributed by atoms with Crippen molar-refractivity contribution in [1.82, 2.24) is 15.3 Å². The van der Waals surface area contributed by atoms with Gasteiger partial charge in [0.05, 0.1) is 10.6 Å². The van der Waals surface area contributed by atoms with Crippen LogP contribution in [0.25, 0.3) is 21.3 Å². The molecule has 0 saturated carbocycles. The number of carbonyl (C=O) groups is 1. The van der Waals surface area contributed by atoms with Gasteiger partial charge in [-0.1, -0.05) is 6.07 Å². The zero-order valence-corrected chi connectivity index (χ0v) is 14.5. The molecule has 0 fully saturated rings. The molecule has 128 valence electrons. The van der Waals surface area contributed by atoms with Crippen LogP contribution in [-0.4, -0.2) is 15.9 Å². The summed E-state index contributed by atoms with van der Waals surface area (Å²) in [5.41, 5.74) is 2.59. The number of pyridine rings is 2. The summed E-state index contributed by atoms with van der Waals surface area (Å²) in [4.78, 5) is 21.6. The molecule has 1 amide bonds. The highest BCUT2D eigenvalue weighted by atomic mass is 32.1. The molecule has 3 heterocycles. The highest BCUT2D eigenvalue weighted by molar-refractivity contribution is 7.20. The first kappa shape index (κ1) is 16.4. The summed E-state index contributed by atoms with van der Waals surface area (Å²) in [6, 6.07) is 13.8. The Morgan fingerprint density at radius 1 is 1.12 bits per heavy atom. The van der Waals surface area contributed by atoms with E-state index in [1.165, 1.54) is 23.5 Å². The maximum atomic E-state index is 13.3. The zero-order chi connectivity index (χ0) is 17.9. The molecular formula is C20H14FN3OS. The predicted molar refractivity (Wildman–Crippen MR) is 100 cm³/mol. The normalized spacial score (nSPS) is 10.8. The first-order valence-electron chi connectivity index (χ1n) is 8.02. The number of nitrogens with one attached hydrogen (secondary N) is 1. The summed E-state index contributed by atoms with van der Waals surface area (Å²) in [7, 11) is 0. The number of hydrogen-bond donors (Lipinski definition) is 1. The second-order valence-corrected chi connectivity index (χ2v) is 6.81. The molecule has 0 saturated heterocycles. The molecule has 0 aliphatic rings. The van der Waals surface area contributed by atoms with Gasteiger partial charge in [-0.25, -0.2) is 4.39 Å². The zero-order valence-electron chi connectivity index (χ0n) is 13.6. The smallest absolute Gasteiger partial charge is 0.261 e. The number of benzene rings is 1. The van der Waals surface area contributed by atoms with Crippen LogP contribution in [-0.2, 0) is 6.54 Å². The second-order valence-electron chi connectivity index (χ2n) is 5.73. The molecule has 0 aliphatic carbocycles. The second kappa shape index (κ2) is 7.01. The maximum Gasteiger partial charge on any atom is 0.261 e. The van der Waals surface area contributed by atoms with Crippen molar-refractivity contribution >= 4 is 27.3 Å². The highest BCUT2D eigenvalue weighted by Gasteiger charge is 2.12. The van der Waals surface area contributed by atoms with Crippen LogP contribution in [0.15, 0.2) is 67.1 Å². The Bertz CT molecular complexity index is 1080. The molecule has 0 unspecified atom stereocenters. The van der Waals surface area contributed by atoms with Gasteiger partial charge in [0.15, 0.2) is 0 Å². The highest BCUT2D eigenvalue weighted by Crippen LogP contribution is 2.26. The van der Waals surface area contributed by atoms with Crippen LogP contribution in [0.5, 0.6) is 0 Å². The van der Waals surface area contributed by atoms with E-state index in [4.69, 9.17) is 0 Å². The van der Waals surface area contributed by atoms with Crippen LogP contribution in [0.2, 0.25) is 0 Å². The van der Waals surface area contributed by atoms with E-state index in [0.717, 1.165) is 26.9 Å². The number of halogens is 1. The Balaban J connectivity index is 1.54. The summed E-state index contributed by atoms with van der Waals surface area (Å²) in [5, 5.41) is 3.65. The lowest BCUT2D eigenvalue weighted by Gasteiger charge is -2.09. The molecule has 4 rings (SSSR count). The van der Waals surface area contributed by atoms with Gasteiger partial charge in [-0.15, -0.1) is 11.3 Å². The Labute approximate surface area is 153 Å². The number of fused-ring (bicyclic) bond motifs is 1. The number of carbonyl (C=O) groups excluding carboxylic acids is 1. The van der Waals surface area contributed by atoms with Gasteiger partial charge in [0.2, 0.25) is 0 Å². The first-order valence-corrected chi connectivity index (χ1v) is 8.84. The minimum absolute atomic E-state index is 0.187. The first-order chi connectivity index (χ1) is 12.7. The van der Waals surface area contributed by atoms with Crippen molar-refractivity contribution in [2.24, 2.45) is 0 Å². The minimum atomic E-state index is -0.307. The fourth-order valence-electron chi connectivity index (χ4n) is 2.73. The minimum Gasteiger partial charge on any atom is -0.347 e. The topological polar surface area (TPSA) is 54.9 Å². The molecule has 6 heteroatoms. The molecule has 1 N–H and O–H groups in total. The van der Waals surface area contributed by atoms with Gasteiger partial charge >= 0.3 is 0 Å². The summed E-state index contributed by atoms with van der Waals surface area (Å²) in [5.74, 6) is -0.494. The maximum absolute atomic E-state index is 13.3. The molecule has 0 spiro atoms. The largest absolute Gasteiger partial charge is 0.347 e. The van der Waals surface area contributed by atoms with Crippen LogP contribution in [0.4, 0.5) is 4.39 Å². The fourth-order valence-corrected chi connectivity index (χ4v) is 3.69. The van der Waals surface area contributed by atoms with E-state index < -0.39 is 0 Å². The van der Waals surface area contributed by atoms with Crippen molar-refractivity contribution in [3.8, 4) is 11.3 Å². The van der Waals surface area contributed by atoms with Crippen LogP contribution < -0.4 is 5.32 Å². The van der Waals surface area contributed by atoms with Gasteiger partial charge in [0.25, 0.3) is 5.91 Å². The third kappa shape index (κ3) is 3.32. The van der Waals surface area contributed by atoms with Crippen molar-refractivity contribution in [3.63, 3.8) is 0 Å². The number of hydrogen-bond acceptors (Lipinski definition) is 4. The average molecular weight is 363 g/mol. The predicted octanol–water partition coefficient (Wildman–Crippen LogP) is 4.43. The molecule has 0 radical (unpaired) electrons.